The van der Waals surface area contributed by atoms with Crippen LogP contribution in [0.25, 0.3) is 0 Å². The van der Waals surface area contributed by atoms with Gasteiger partial charge in [-0.1, -0.05) is 6.07 Å². The molecule has 1 fully saturated rings. The van der Waals surface area contributed by atoms with E-state index in [0.717, 1.165) is 23.5 Å². The first-order valence-electron chi connectivity index (χ1n) is 6.41. The number of hydrogen-bond donors (Lipinski definition) is 2. The van der Waals surface area contributed by atoms with Crippen molar-refractivity contribution in [2.24, 2.45) is 5.92 Å². The predicted molar refractivity (Wildman–Crippen MR) is 85.4 cm³/mol. The molecule has 1 unspecified atom stereocenters. The number of sulfonamides is 1. The standard InChI is InChI=1S/C13H18BrNO3S2/c1-9-4-11(7-16)5-12(13(9)14)20(17,18)15-6-10-2-3-19-8-10/h4-5,10,15-16H,2-3,6-8H2,1H3. The summed E-state index contributed by atoms with van der Waals surface area (Å²) in [5.74, 6) is 2.53. The number of benzene rings is 1. The SMILES string of the molecule is Cc1cc(CO)cc(S(=O)(=O)NCC2CCSC2)c1Br. The number of halogens is 1. The Labute approximate surface area is 132 Å². The first kappa shape index (κ1) is 16.3. The fourth-order valence-electron chi connectivity index (χ4n) is 2.15. The molecule has 0 saturated carbocycles. The zero-order valence-electron chi connectivity index (χ0n) is 11.2. The Kier molecular flexibility index (Phi) is 5.53. The molecule has 0 amide bonds. The van der Waals surface area contributed by atoms with Gasteiger partial charge in [-0.3, -0.25) is 0 Å². The summed E-state index contributed by atoms with van der Waals surface area (Å²) in [7, 11) is -3.55. The molecular weight excluding hydrogens is 362 g/mol. The lowest BCUT2D eigenvalue weighted by atomic mass is 10.1. The fraction of sp³-hybridized carbons (Fsp3) is 0.538. The Hall–Kier alpha value is -0.0800. The molecule has 2 N–H and O–H groups in total. The van der Waals surface area contributed by atoms with Crippen molar-refractivity contribution >= 4 is 37.7 Å². The van der Waals surface area contributed by atoms with Crippen LogP contribution in [0.3, 0.4) is 0 Å². The van der Waals surface area contributed by atoms with E-state index in [0.29, 0.717) is 22.5 Å². The van der Waals surface area contributed by atoms with Gasteiger partial charge in [-0.15, -0.1) is 0 Å². The van der Waals surface area contributed by atoms with Crippen molar-refractivity contribution in [3.63, 3.8) is 0 Å². The van der Waals surface area contributed by atoms with Crippen LogP contribution >= 0.6 is 27.7 Å². The zero-order valence-corrected chi connectivity index (χ0v) is 14.4. The maximum atomic E-state index is 12.4. The molecule has 20 heavy (non-hydrogen) atoms. The molecule has 0 aliphatic carbocycles. The minimum absolute atomic E-state index is 0.171. The third kappa shape index (κ3) is 3.76. The monoisotopic (exact) mass is 379 g/mol. The van der Waals surface area contributed by atoms with E-state index in [1.807, 2.05) is 18.7 Å². The Bertz CT molecular complexity index is 584. The Morgan fingerprint density at radius 3 is 2.85 bits per heavy atom. The first-order chi connectivity index (χ1) is 9.44. The van der Waals surface area contributed by atoms with Gasteiger partial charge in [0.2, 0.25) is 10.0 Å². The van der Waals surface area contributed by atoms with Crippen LogP contribution < -0.4 is 4.72 Å². The summed E-state index contributed by atoms with van der Waals surface area (Å²) in [5.41, 5.74) is 1.40. The molecule has 1 aliphatic rings. The Morgan fingerprint density at radius 1 is 1.50 bits per heavy atom. The maximum Gasteiger partial charge on any atom is 0.241 e. The molecule has 1 atom stereocenters. The molecule has 0 bridgehead atoms. The van der Waals surface area contributed by atoms with Gasteiger partial charge in [0.1, 0.15) is 0 Å². The van der Waals surface area contributed by atoms with Crippen LogP contribution in [-0.4, -0.2) is 31.6 Å². The average molecular weight is 380 g/mol. The van der Waals surface area contributed by atoms with E-state index in [1.54, 1.807) is 6.07 Å². The second-order valence-corrected chi connectivity index (χ2v) is 8.64. The first-order valence-corrected chi connectivity index (χ1v) is 9.84. The summed E-state index contributed by atoms with van der Waals surface area (Å²) in [4.78, 5) is 0.201. The normalized spacial score (nSPS) is 19.4. The molecule has 0 radical (unpaired) electrons. The van der Waals surface area contributed by atoms with Gasteiger partial charge in [0.25, 0.3) is 0 Å². The minimum atomic E-state index is -3.55. The van der Waals surface area contributed by atoms with Crippen molar-refractivity contribution < 1.29 is 13.5 Å². The van der Waals surface area contributed by atoms with Crippen LogP contribution in [0.5, 0.6) is 0 Å². The summed E-state index contributed by atoms with van der Waals surface area (Å²) in [6, 6.07) is 3.29. The fourth-order valence-corrected chi connectivity index (χ4v) is 5.61. The van der Waals surface area contributed by atoms with E-state index in [9.17, 15) is 13.5 Å². The highest BCUT2D eigenvalue weighted by atomic mass is 79.9. The molecule has 1 aromatic rings. The summed E-state index contributed by atoms with van der Waals surface area (Å²) < 4.78 is 28.0. The molecule has 1 aromatic carbocycles. The lowest BCUT2D eigenvalue weighted by Crippen LogP contribution is -2.29. The molecule has 4 nitrogen and oxygen atoms in total. The Morgan fingerprint density at radius 2 is 2.25 bits per heavy atom. The third-order valence-corrected chi connectivity index (χ3v) is 7.33. The van der Waals surface area contributed by atoms with Crippen molar-refractivity contribution in [3.8, 4) is 0 Å². The third-order valence-electron chi connectivity index (χ3n) is 3.34. The number of aliphatic hydroxyl groups excluding tert-OH is 1. The summed E-state index contributed by atoms with van der Waals surface area (Å²) in [5, 5.41) is 9.21. The molecule has 0 spiro atoms. The molecular formula is C13H18BrNO3S2. The van der Waals surface area contributed by atoms with Gasteiger partial charge in [-0.25, -0.2) is 13.1 Å². The van der Waals surface area contributed by atoms with Gasteiger partial charge in [0.05, 0.1) is 11.5 Å². The summed E-state index contributed by atoms with van der Waals surface area (Å²) in [6.45, 7) is 2.12. The molecule has 2 rings (SSSR count). The smallest absolute Gasteiger partial charge is 0.241 e. The maximum absolute atomic E-state index is 12.4. The van der Waals surface area contributed by atoms with Crippen LogP contribution in [0.1, 0.15) is 17.5 Å². The molecule has 1 aliphatic heterocycles. The van der Waals surface area contributed by atoms with Crippen molar-refractivity contribution in [2.45, 2.75) is 24.8 Å². The van der Waals surface area contributed by atoms with Crippen LogP contribution in [0.15, 0.2) is 21.5 Å². The molecule has 1 saturated heterocycles. The Balaban J connectivity index is 2.21. The van der Waals surface area contributed by atoms with Gasteiger partial charge in [0.15, 0.2) is 0 Å². The van der Waals surface area contributed by atoms with Gasteiger partial charge in [-0.2, -0.15) is 11.8 Å². The highest BCUT2D eigenvalue weighted by Crippen LogP contribution is 2.28. The van der Waals surface area contributed by atoms with Crippen LogP contribution in [0.2, 0.25) is 0 Å². The van der Waals surface area contributed by atoms with Gasteiger partial charge in [-0.05, 0) is 63.9 Å². The molecule has 1 heterocycles. The number of nitrogens with one attached hydrogen (secondary N) is 1. The topological polar surface area (TPSA) is 66.4 Å². The minimum Gasteiger partial charge on any atom is -0.392 e. The number of rotatable bonds is 5. The van der Waals surface area contributed by atoms with Crippen molar-refractivity contribution in [1.82, 2.24) is 4.72 Å². The van der Waals surface area contributed by atoms with Gasteiger partial charge in [0, 0.05) is 11.0 Å². The van der Waals surface area contributed by atoms with E-state index in [2.05, 4.69) is 20.7 Å². The predicted octanol–water partition coefficient (Wildman–Crippen LogP) is 2.28. The number of thioether (sulfide) groups is 1. The van der Waals surface area contributed by atoms with Crippen LogP contribution in [0, 0.1) is 12.8 Å². The lowest BCUT2D eigenvalue weighted by Gasteiger charge is -2.14. The van der Waals surface area contributed by atoms with Gasteiger partial charge >= 0.3 is 0 Å². The van der Waals surface area contributed by atoms with Crippen molar-refractivity contribution in [3.05, 3.63) is 27.7 Å². The number of aryl methyl sites for hydroxylation is 1. The quantitative estimate of drug-likeness (QED) is 0.823. The summed E-state index contributed by atoms with van der Waals surface area (Å²) >= 11 is 5.19. The lowest BCUT2D eigenvalue weighted by molar-refractivity contribution is 0.281. The molecule has 0 aromatic heterocycles. The van der Waals surface area contributed by atoms with Crippen LogP contribution in [0.4, 0.5) is 0 Å². The number of aliphatic hydroxyl groups is 1. The second-order valence-electron chi connectivity index (χ2n) is 4.96. The second kappa shape index (κ2) is 6.79. The highest BCUT2D eigenvalue weighted by Gasteiger charge is 2.23. The number of hydrogen-bond acceptors (Lipinski definition) is 4. The molecule has 7 heteroatoms. The van der Waals surface area contributed by atoms with Crippen LogP contribution in [-0.2, 0) is 16.6 Å². The van der Waals surface area contributed by atoms with Crippen molar-refractivity contribution in [1.29, 1.82) is 0 Å². The largest absolute Gasteiger partial charge is 0.392 e. The summed E-state index contributed by atoms with van der Waals surface area (Å²) in [6.07, 6.45) is 1.06. The van der Waals surface area contributed by atoms with Crippen molar-refractivity contribution in [2.75, 3.05) is 18.1 Å². The van der Waals surface area contributed by atoms with E-state index in [-0.39, 0.29) is 11.5 Å². The van der Waals surface area contributed by atoms with Gasteiger partial charge < -0.3 is 5.11 Å². The zero-order chi connectivity index (χ0) is 14.8. The van der Waals surface area contributed by atoms with E-state index in [1.165, 1.54) is 6.07 Å². The van der Waals surface area contributed by atoms with E-state index >= 15 is 0 Å². The average Bonchev–Trinajstić information content (AvgIpc) is 2.92. The van der Waals surface area contributed by atoms with E-state index in [4.69, 9.17) is 0 Å². The highest BCUT2D eigenvalue weighted by molar-refractivity contribution is 9.10. The molecule has 112 valence electrons. The van der Waals surface area contributed by atoms with E-state index < -0.39 is 10.0 Å².